The number of alkyl carbamates (subject to hydrolysis) is 1. The minimum absolute atomic E-state index is 0.281. The Morgan fingerprint density at radius 1 is 1.18 bits per heavy atom. The maximum atomic E-state index is 11.5. The molecular weight excluding hydrogens is 284 g/mol. The second-order valence-corrected chi connectivity index (χ2v) is 7.12. The fourth-order valence-corrected chi connectivity index (χ4v) is 2.95. The minimum Gasteiger partial charge on any atom is -0.444 e. The normalized spacial score (nSPS) is 22.0. The molecule has 22 heavy (non-hydrogen) atoms. The molecule has 1 heterocycles. The number of rotatable bonds is 5. The lowest BCUT2D eigenvalue weighted by atomic mass is 9.90. The van der Waals surface area contributed by atoms with Crippen LogP contribution in [0.25, 0.3) is 0 Å². The van der Waals surface area contributed by atoms with Crippen molar-refractivity contribution in [3.8, 4) is 0 Å². The van der Waals surface area contributed by atoms with Gasteiger partial charge in [-0.25, -0.2) is 4.79 Å². The van der Waals surface area contributed by atoms with Crippen LogP contribution in [0.15, 0.2) is 0 Å². The molecule has 128 valence electrons. The summed E-state index contributed by atoms with van der Waals surface area (Å²) >= 11 is 0. The monoisotopic (exact) mass is 314 g/mol. The van der Waals surface area contributed by atoms with Crippen LogP contribution in [0.5, 0.6) is 0 Å². The number of carbonyl (C=O) groups excluding carboxylic acids is 1. The van der Waals surface area contributed by atoms with E-state index in [0.717, 1.165) is 51.9 Å². The van der Waals surface area contributed by atoms with Gasteiger partial charge in [0, 0.05) is 25.4 Å². The van der Waals surface area contributed by atoms with E-state index in [-0.39, 0.29) is 11.9 Å². The van der Waals surface area contributed by atoms with Gasteiger partial charge in [-0.05, 0) is 46.6 Å². The molecule has 2 N–H and O–H groups in total. The summed E-state index contributed by atoms with van der Waals surface area (Å²) < 4.78 is 16.6. The fourth-order valence-electron chi connectivity index (χ4n) is 2.95. The summed E-state index contributed by atoms with van der Waals surface area (Å²) in [5.74, 6) is -0.281. The molecule has 1 aliphatic carbocycles. The fraction of sp³-hybridized carbons (Fsp3) is 0.938. The quantitative estimate of drug-likeness (QED) is 0.761. The Morgan fingerprint density at radius 2 is 1.82 bits per heavy atom. The van der Waals surface area contributed by atoms with Crippen molar-refractivity contribution in [3.05, 3.63) is 0 Å². The number of carbonyl (C=O) groups is 1. The van der Waals surface area contributed by atoms with E-state index in [9.17, 15) is 4.79 Å². The number of hydrogen-bond acceptors (Lipinski definition) is 5. The van der Waals surface area contributed by atoms with Gasteiger partial charge in [0.2, 0.25) is 0 Å². The summed E-state index contributed by atoms with van der Waals surface area (Å²) in [6, 6.07) is 0.528. The minimum atomic E-state index is -0.440. The average Bonchev–Trinajstić information content (AvgIpc) is 2.87. The second kappa shape index (κ2) is 7.62. The van der Waals surface area contributed by atoms with Crippen molar-refractivity contribution in [2.45, 2.75) is 70.3 Å². The molecule has 0 radical (unpaired) electrons. The smallest absolute Gasteiger partial charge is 0.407 e. The Labute approximate surface area is 133 Å². The second-order valence-electron chi connectivity index (χ2n) is 7.12. The largest absolute Gasteiger partial charge is 0.444 e. The first kappa shape index (κ1) is 17.5. The topological polar surface area (TPSA) is 68.8 Å². The number of amides is 1. The van der Waals surface area contributed by atoms with Crippen LogP contribution in [0.2, 0.25) is 0 Å². The van der Waals surface area contributed by atoms with Gasteiger partial charge in [-0.2, -0.15) is 0 Å². The van der Waals surface area contributed by atoms with Crippen molar-refractivity contribution < 1.29 is 19.0 Å². The molecule has 0 aromatic heterocycles. The van der Waals surface area contributed by atoms with Gasteiger partial charge in [0.25, 0.3) is 0 Å². The molecule has 2 rings (SSSR count). The SMILES string of the molecule is CC(C)(C)OC(=O)NCCCNC1CCC2(CC1)OCCO2. The van der Waals surface area contributed by atoms with E-state index in [0.29, 0.717) is 12.6 Å². The van der Waals surface area contributed by atoms with Gasteiger partial charge >= 0.3 is 6.09 Å². The Bertz CT molecular complexity index is 352. The third kappa shape index (κ3) is 5.74. The highest BCUT2D eigenvalue weighted by atomic mass is 16.7. The Hall–Kier alpha value is -0.850. The van der Waals surface area contributed by atoms with Gasteiger partial charge in [-0.15, -0.1) is 0 Å². The first-order chi connectivity index (χ1) is 10.4. The van der Waals surface area contributed by atoms with E-state index in [1.807, 2.05) is 20.8 Å². The molecule has 1 saturated carbocycles. The lowest BCUT2D eigenvalue weighted by Gasteiger charge is -2.35. The molecule has 1 amide bonds. The van der Waals surface area contributed by atoms with Gasteiger partial charge in [0.15, 0.2) is 5.79 Å². The Kier molecular flexibility index (Phi) is 6.06. The first-order valence-electron chi connectivity index (χ1n) is 8.37. The molecule has 1 spiro atoms. The van der Waals surface area contributed by atoms with E-state index in [4.69, 9.17) is 14.2 Å². The maximum Gasteiger partial charge on any atom is 0.407 e. The summed E-state index contributed by atoms with van der Waals surface area (Å²) in [5.41, 5.74) is -0.440. The van der Waals surface area contributed by atoms with Crippen LogP contribution in [0.3, 0.4) is 0 Å². The molecule has 0 unspecified atom stereocenters. The third-order valence-electron chi connectivity index (χ3n) is 4.02. The summed E-state index contributed by atoms with van der Waals surface area (Å²) in [6.07, 6.45) is 4.66. The molecule has 1 saturated heterocycles. The summed E-state index contributed by atoms with van der Waals surface area (Å²) in [6.45, 7) is 8.58. The van der Waals surface area contributed by atoms with E-state index < -0.39 is 5.60 Å². The van der Waals surface area contributed by atoms with Crippen LogP contribution >= 0.6 is 0 Å². The molecule has 0 bridgehead atoms. The van der Waals surface area contributed by atoms with Gasteiger partial charge in [0.1, 0.15) is 5.60 Å². The summed E-state index contributed by atoms with van der Waals surface area (Å²) in [4.78, 5) is 11.5. The van der Waals surface area contributed by atoms with Crippen molar-refractivity contribution in [3.63, 3.8) is 0 Å². The molecule has 0 aromatic rings. The highest BCUT2D eigenvalue weighted by Gasteiger charge is 2.39. The van der Waals surface area contributed by atoms with Crippen LogP contribution < -0.4 is 10.6 Å². The molecule has 0 aromatic carbocycles. The van der Waals surface area contributed by atoms with Gasteiger partial charge in [-0.1, -0.05) is 0 Å². The average molecular weight is 314 g/mol. The van der Waals surface area contributed by atoms with Crippen LogP contribution in [0, 0.1) is 0 Å². The third-order valence-corrected chi connectivity index (χ3v) is 4.02. The predicted octanol–water partition coefficient (Wildman–Crippen LogP) is 2.18. The molecule has 2 aliphatic rings. The highest BCUT2D eigenvalue weighted by molar-refractivity contribution is 5.67. The lowest BCUT2D eigenvalue weighted by molar-refractivity contribution is -0.179. The van der Waals surface area contributed by atoms with E-state index in [1.165, 1.54) is 0 Å². The molecular formula is C16H30N2O4. The molecule has 0 atom stereocenters. The van der Waals surface area contributed by atoms with Gasteiger partial charge in [0.05, 0.1) is 13.2 Å². The summed E-state index contributed by atoms with van der Waals surface area (Å²) in [7, 11) is 0. The molecule has 6 heteroatoms. The van der Waals surface area contributed by atoms with Crippen LogP contribution in [0.1, 0.15) is 52.9 Å². The lowest BCUT2D eigenvalue weighted by Crippen LogP contribution is -2.42. The predicted molar refractivity (Wildman–Crippen MR) is 83.7 cm³/mol. The Balaban J connectivity index is 1.50. The molecule has 1 aliphatic heterocycles. The Morgan fingerprint density at radius 3 is 2.41 bits per heavy atom. The maximum absolute atomic E-state index is 11.5. The van der Waals surface area contributed by atoms with Gasteiger partial charge in [-0.3, -0.25) is 0 Å². The van der Waals surface area contributed by atoms with Crippen LogP contribution in [-0.4, -0.2) is 49.8 Å². The zero-order chi connectivity index (χ0) is 16.1. The van der Waals surface area contributed by atoms with E-state index in [2.05, 4.69) is 10.6 Å². The summed E-state index contributed by atoms with van der Waals surface area (Å²) in [5, 5.41) is 6.32. The number of ether oxygens (including phenoxy) is 3. The number of nitrogens with one attached hydrogen (secondary N) is 2. The molecule has 6 nitrogen and oxygen atoms in total. The first-order valence-corrected chi connectivity index (χ1v) is 8.37. The van der Waals surface area contributed by atoms with Crippen molar-refractivity contribution in [1.29, 1.82) is 0 Å². The van der Waals surface area contributed by atoms with Crippen molar-refractivity contribution >= 4 is 6.09 Å². The van der Waals surface area contributed by atoms with E-state index in [1.54, 1.807) is 0 Å². The van der Waals surface area contributed by atoms with Crippen molar-refractivity contribution in [1.82, 2.24) is 10.6 Å². The van der Waals surface area contributed by atoms with Crippen molar-refractivity contribution in [2.24, 2.45) is 0 Å². The molecule has 2 fully saturated rings. The van der Waals surface area contributed by atoms with Gasteiger partial charge < -0.3 is 24.8 Å². The van der Waals surface area contributed by atoms with Crippen LogP contribution in [0.4, 0.5) is 4.79 Å². The van der Waals surface area contributed by atoms with Crippen molar-refractivity contribution in [2.75, 3.05) is 26.3 Å². The van der Waals surface area contributed by atoms with Crippen LogP contribution in [-0.2, 0) is 14.2 Å². The zero-order valence-corrected chi connectivity index (χ0v) is 14.1. The number of hydrogen-bond donors (Lipinski definition) is 2. The standard InChI is InChI=1S/C16H30N2O4/c1-15(2,3)22-14(19)18-10-4-9-17-13-5-7-16(8-6-13)20-11-12-21-16/h13,17H,4-12H2,1-3H3,(H,18,19). The zero-order valence-electron chi connectivity index (χ0n) is 14.1. The highest BCUT2D eigenvalue weighted by Crippen LogP contribution is 2.35. The van der Waals surface area contributed by atoms with E-state index >= 15 is 0 Å².